The number of nitrogens with zero attached hydrogens (tertiary/aromatic N) is 2. The van der Waals surface area contributed by atoms with Gasteiger partial charge in [-0.3, -0.25) is 9.10 Å². The number of hydrogen-bond acceptors (Lipinski definition) is 7. The molecule has 2 aliphatic rings. The van der Waals surface area contributed by atoms with Gasteiger partial charge < -0.3 is 19.7 Å². The van der Waals surface area contributed by atoms with Crippen LogP contribution in [0.1, 0.15) is 56.1 Å². The second-order valence-electron chi connectivity index (χ2n) is 9.40. The summed E-state index contributed by atoms with van der Waals surface area (Å²) in [6.07, 6.45) is 1.48. The van der Waals surface area contributed by atoms with Crippen LogP contribution in [0.5, 0.6) is 11.6 Å². The summed E-state index contributed by atoms with van der Waals surface area (Å²) in [6.45, 7) is -1.24. The van der Waals surface area contributed by atoms with E-state index in [0.29, 0.717) is 17.8 Å². The number of benzene rings is 1. The van der Waals surface area contributed by atoms with Crippen LogP contribution in [0.4, 0.5) is 18.9 Å². The molecule has 2 heterocycles. The standard InChI is InChI=1S/C26H29F3N2O7S/c27-26(28,29)19-14-23(25(30-15-19)37-11-10-32)39(35,36)31-16-20(7-9-24(33)34)38-22-8-6-18(13-21(22)31)12-17-4-2-1-3-5-17/h6,8,12-15,20,32H,1-5,7,9-11,16H2,(H,33,34)/t20-/m0/s1. The average Bonchev–Trinajstić information content (AvgIpc) is 2.90. The Hall–Kier alpha value is -3.32. The summed E-state index contributed by atoms with van der Waals surface area (Å²) in [6, 6.07) is 5.38. The van der Waals surface area contributed by atoms with Crippen molar-refractivity contribution in [3.05, 3.63) is 47.2 Å². The molecule has 1 aromatic heterocycles. The number of fused-ring (bicyclic) bond motifs is 1. The number of allylic oxidation sites excluding steroid dienone is 1. The van der Waals surface area contributed by atoms with E-state index in [1.54, 1.807) is 18.2 Å². The second kappa shape index (κ2) is 11.8. The Labute approximate surface area is 223 Å². The second-order valence-corrected chi connectivity index (χ2v) is 11.2. The lowest BCUT2D eigenvalue weighted by Gasteiger charge is -2.36. The molecule has 4 rings (SSSR count). The number of aliphatic hydroxyl groups excluding tert-OH is 1. The molecule has 1 aromatic carbocycles. The summed E-state index contributed by atoms with van der Waals surface area (Å²) in [5, 5.41) is 18.2. The van der Waals surface area contributed by atoms with Crippen LogP contribution in [0, 0.1) is 0 Å². The highest BCUT2D eigenvalue weighted by Gasteiger charge is 2.39. The summed E-state index contributed by atoms with van der Waals surface area (Å²) in [5.41, 5.74) is 0.743. The quantitative estimate of drug-likeness (QED) is 0.447. The number of hydrogen-bond donors (Lipinski definition) is 2. The lowest BCUT2D eigenvalue weighted by Crippen LogP contribution is -2.44. The van der Waals surface area contributed by atoms with Crippen LogP contribution >= 0.6 is 0 Å². The normalized spacial score (nSPS) is 17.8. The molecule has 1 fully saturated rings. The van der Waals surface area contributed by atoms with Gasteiger partial charge in [-0.05, 0) is 55.9 Å². The predicted molar refractivity (Wildman–Crippen MR) is 135 cm³/mol. The highest BCUT2D eigenvalue weighted by Crippen LogP contribution is 2.41. The van der Waals surface area contributed by atoms with E-state index in [4.69, 9.17) is 19.7 Å². The van der Waals surface area contributed by atoms with E-state index in [1.165, 1.54) is 5.57 Å². The first-order valence-electron chi connectivity index (χ1n) is 12.5. The lowest BCUT2D eigenvalue weighted by molar-refractivity contribution is -0.138. The molecular formula is C26H29F3N2O7S. The number of carboxylic acids is 1. The molecule has 0 spiro atoms. The van der Waals surface area contributed by atoms with Gasteiger partial charge in [0.1, 0.15) is 18.5 Å². The van der Waals surface area contributed by atoms with Gasteiger partial charge in [-0.1, -0.05) is 24.1 Å². The van der Waals surface area contributed by atoms with Crippen molar-refractivity contribution in [2.45, 2.75) is 62.1 Å². The van der Waals surface area contributed by atoms with Crippen LogP contribution in [0.2, 0.25) is 0 Å². The van der Waals surface area contributed by atoms with Gasteiger partial charge in [-0.25, -0.2) is 13.4 Å². The van der Waals surface area contributed by atoms with Gasteiger partial charge in [0.25, 0.3) is 10.0 Å². The number of carbonyl (C=O) groups is 1. The van der Waals surface area contributed by atoms with Gasteiger partial charge in [-0.15, -0.1) is 0 Å². The molecule has 2 N–H and O–H groups in total. The summed E-state index contributed by atoms with van der Waals surface area (Å²) >= 11 is 0. The van der Waals surface area contributed by atoms with Crippen LogP contribution in [0.25, 0.3) is 6.08 Å². The van der Waals surface area contributed by atoms with Gasteiger partial charge in [0.2, 0.25) is 5.88 Å². The molecule has 0 radical (unpaired) electrons. The van der Waals surface area contributed by atoms with Crippen molar-refractivity contribution in [2.24, 2.45) is 0 Å². The van der Waals surface area contributed by atoms with E-state index in [2.05, 4.69) is 4.98 Å². The fourth-order valence-electron chi connectivity index (χ4n) is 4.61. The molecule has 0 amide bonds. The van der Waals surface area contributed by atoms with Gasteiger partial charge in [0.15, 0.2) is 4.90 Å². The molecule has 1 aliphatic heterocycles. The average molecular weight is 571 g/mol. The van der Waals surface area contributed by atoms with Gasteiger partial charge in [0.05, 0.1) is 24.4 Å². The third-order valence-electron chi connectivity index (χ3n) is 6.51. The molecule has 13 heteroatoms. The highest BCUT2D eigenvalue weighted by molar-refractivity contribution is 7.93. The van der Waals surface area contributed by atoms with E-state index in [9.17, 15) is 26.4 Å². The molecule has 0 saturated heterocycles. The topological polar surface area (TPSA) is 126 Å². The largest absolute Gasteiger partial charge is 0.486 e. The summed E-state index contributed by atoms with van der Waals surface area (Å²) in [5.74, 6) is -1.54. The molecule has 0 bridgehead atoms. The minimum absolute atomic E-state index is 0.0265. The number of ether oxygens (including phenoxy) is 2. The third kappa shape index (κ3) is 6.82. The Balaban J connectivity index is 1.81. The van der Waals surface area contributed by atoms with Crippen molar-refractivity contribution < 1.29 is 46.1 Å². The fraction of sp³-hybridized carbons (Fsp3) is 0.462. The number of aliphatic carboxylic acids is 1. The zero-order valence-electron chi connectivity index (χ0n) is 21.0. The van der Waals surface area contributed by atoms with Crippen LogP contribution in [0.15, 0.2) is 40.9 Å². The first-order valence-corrected chi connectivity index (χ1v) is 14.0. The Bertz CT molecular complexity index is 1340. The van der Waals surface area contributed by atoms with Gasteiger partial charge in [0, 0.05) is 12.6 Å². The highest BCUT2D eigenvalue weighted by atomic mass is 32.2. The number of aliphatic hydroxyl groups is 1. The van der Waals surface area contributed by atoms with Crippen molar-refractivity contribution in [3.63, 3.8) is 0 Å². The number of pyridine rings is 1. The summed E-state index contributed by atoms with van der Waals surface area (Å²) in [7, 11) is -4.72. The molecule has 1 atom stereocenters. The van der Waals surface area contributed by atoms with Crippen LogP contribution in [-0.2, 0) is 21.0 Å². The van der Waals surface area contributed by atoms with E-state index in [0.717, 1.165) is 36.4 Å². The molecular weight excluding hydrogens is 541 g/mol. The smallest absolute Gasteiger partial charge is 0.417 e. The summed E-state index contributed by atoms with van der Waals surface area (Å²) < 4.78 is 80.6. The lowest BCUT2D eigenvalue weighted by atomic mass is 9.93. The predicted octanol–water partition coefficient (Wildman–Crippen LogP) is 4.64. The van der Waals surface area contributed by atoms with E-state index in [-0.39, 0.29) is 37.4 Å². The molecule has 1 aliphatic carbocycles. The monoisotopic (exact) mass is 570 g/mol. The number of rotatable bonds is 9. The summed E-state index contributed by atoms with van der Waals surface area (Å²) in [4.78, 5) is 13.9. The number of anilines is 1. The minimum atomic E-state index is -4.88. The van der Waals surface area contributed by atoms with Crippen molar-refractivity contribution in [1.29, 1.82) is 0 Å². The zero-order chi connectivity index (χ0) is 28.2. The van der Waals surface area contributed by atoms with Crippen molar-refractivity contribution >= 4 is 27.8 Å². The molecule has 9 nitrogen and oxygen atoms in total. The first-order chi connectivity index (χ1) is 18.5. The van der Waals surface area contributed by atoms with Gasteiger partial charge in [-0.2, -0.15) is 13.2 Å². The SMILES string of the molecule is O=C(O)CC[C@H]1CN(S(=O)(=O)c2cc(C(F)(F)F)cnc2OCCO)c2cc(C=C3CCCCC3)ccc2O1. The third-order valence-corrected chi connectivity index (χ3v) is 8.28. The molecule has 1 saturated carbocycles. The molecule has 0 unspecified atom stereocenters. The van der Waals surface area contributed by atoms with Crippen LogP contribution in [-0.4, -0.2) is 55.4 Å². The molecule has 212 valence electrons. The van der Waals surface area contributed by atoms with Crippen LogP contribution in [0.3, 0.4) is 0 Å². The Morgan fingerprint density at radius 2 is 1.95 bits per heavy atom. The number of aromatic nitrogens is 1. The Morgan fingerprint density at radius 3 is 2.62 bits per heavy atom. The maximum absolute atomic E-state index is 14.0. The van der Waals surface area contributed by atoms with E-state index >= 15 is 0 Å². The number of halogens is 3. The molecule has 2 aromatic rings. The minimum Gasteiger partial charge on any atom is -0.486 e. The van der Waals surface area contributed by atoms with E-state index < -0.39 is 51.2 Å². The molecule has 39 heavy (non-hydrogen) atoms. The number of alkyl halides is 3. The maximum Gasteiger partial charge on any atom is 0.417 e. The van der Waals surface area contributed by atoms with Crippen LogP contribution < -0.4 is 13.8 Å². The fourth-order valence-corrected chi connectivity index (χ4v) is 6.22. The van der Waals surface area contributed by atoms with Crippen molar-refractivity contribution in [3.8, 4) is 11.6 Å². The van der Waals surface area contributed by atoms with E-state index in [1.807, 2.05) is 6.08 Å². The van der Waals surface area contributed by atoms with Gasteiger partial charge >= 0.3 is 12.1 Å². The number of sulfonamides is 1. The number of carboxylic acid groups (broad SMARTS) is 1. The zero-order valence-corrected chi connectivity index (χ0v) is 21.8. The van der Waals surface area contributed by atoms with Crippen molar-refractivity contribution in [2.75, 3.05) is 24.1 Å². The Morgan fingerprint density at radius 1 is 1.21 bits per heavy atom. The first kappa shape index (κ1) is 28.7. The van der Waals surface area contributed by atoms with Crippen molar-refractivity contribution in [1.82, 2.24) is 4.98 Å². The Kier molecular flexibility index (Phi) is 8.70. The maximum atomic E-state index is 14.0.